The first kappa shape index (κ1) is 23.6. The number of hydrogen-bond donors (Lipinski definition) is 2. The number of nitrogens with one attached hydrogen (secondary N) is 2. The normalized spacial score (nSPS) is 20.1. The van der Waals surface area contributed by atoms with Crippen LogP contribution >= 0.6 is 0 Å². The number of benzene rings is 1. The van der Waals surface area contributed by atoms with E-state index < -0.39 is 0 Å². The van der Waals surface area contributed by atoms with Gasteiger partial charge in [0, 0.05) is 38.3 Å². The number of rotatable bonds is 9. The first-order valence-electron chi connectivity index (χ1n) is 12.3. The third kappa shape index (κ3) is 6.08. The summed E-state index contributed by atoms with van der Waals surface area (Å²) in [7, 11) is 7.55. The number of hydrogen-bond acceptors (Lipinski definition) is 7. The van der Waals surface area contributed by atoms with Crippen LogP contribution in [-0.2, 0) is 19.4 Å². The van der Waals surface area contributed by atoms with E-state index in [1.54, 1.807) is 14.2 Å². The van der Waals surface area contributed by atoms with Crippen molar-refractivity contribution in [2.24, 2.45) is 5.92 Å². The van der Waals surface area contributed by atoms with Gasteiger partial charge in [0.2, 0.25) is 5.95 Å². The van der Waals surface area contributed by atoms with Crippen molar-refractivity contribution in [1.29, 1.82) is 0 Å². The quantitative estimate of drug-likeness (QED) is 0.590. The minimum absolute atomic E-state index is 0.459. The molecule has 33 heavy (non-hydrogen) atoms. The first-order valence-corrected chi connectivity index (χ1v) is 12.3. The van der Waals surface area contributed by atoms with E-state index in [-0.39, 0.29) is 0 Å². The summed E-state index contributed by atoms with van der Waals surface area (Å²) < 4.78 is 10.8. The molecule has 180 valence electrons. The topological polar surface area (TPSA) is 71.5 Å². The Morgan fingerprint density at radius 1 is 0.939 bits per heavy atom. The molecule has 2 N–H and O–H groups in total. The Bertz CT molecular complexity index is 903. The number of nitrogens with zero attached hydrogens (tertiary/aromatic N) is 3. The van der Waals surface area contributed by atoms with Gasteiger partial charge in [-0.15, -0.1) is 0 Å². The van der Waals surface area contributed by atoms with Crippen molar-refractivity contribution in [3.8, 4) is 11.5 Å². The highest BCUT2D eigenvalue weighted by Gasteiger charge is 2.24. The van der Waals surface area contributed by atoms with Crippen molar-refractivity contribution in [3.05, 3.63) is 35.0 Å². The van der Waals surface area contributed by atoms with Gasteiger partial charge in [-0.1, -0.05) is 0 Å². The highest BCUT2D eigenvalue weighted by atomic mass is 16.5. The summed E-state index contributed by atoms with van der Waals surface area (Å²) in [6, 6.07) is 6.50. The fourth-order valence-corrected chi connectivity index (χ4v) is 5.09. The van der Waals surface area contributed by atoms with Gasteiger partial charge in [0.15, 0.2) is 0 Å². The molecule has 0 unspecified atom stereocenters. The van der Waals surface area contributed by atoms with Crippen molar-refractivity contribution < 1.29 is 9.47 Å². The molecular formula is C26H39N5O2. The van der Waals surface area contributed by atoms with Crippen molar-refractivity contribution in [3.63, 3.8) is 0 Å². The Morgan fingerprint density at radius 3 is 2.30 bits per heavy atom. The minimum Gasteiger partial charge on any atom is -0.497 e. The van der Waals surface area contributed by atoms with Crippen molar-refractivity contribution in [1.82, 2.24) is 15.3 Å². The Morgan fingerprint density at radius 2 is 1.64 bits per heavy atom. The molecule has 1 saturated carbocycles. The third-order valence-corrected chi connectivity index (χ3v) is 6.94. The molecule has 0 radical (unpaired) electrons. The molecule has 0 amide bonds. The van der Waals surface area contributed by atoms with Gasteiger partial charge in [0.25, 0.3) is 0 Å². The lowest BCUT2D eigenvalue weighted by atomic mass is 9.86. The molecule has 2 aliphatic carbocycles. The molecule has 1 fully saturated rings. The first-order chi connectivity index (χ1) is 16.1. The molecule has 0 aliphatic heterocycles. The van der Waals surface area contributed by atoms with Crippen molar-refractivity contribution >= 4 is 11.8 Å². The monoisotopic (exact) mass is 453 g/mol. The van der Waals surface area contributed by atoms with Gasteiger partial charge >= 0.3 is 0 Å². The van der Waals surface area contributed by atoms with Gasteiger partial charge in [-0.05, 0) is 81.5 Å². The summed E-state index contributed by atoms with van der Waals surface area (Å²) in [5.74, 6) is 4.28. The van der Waals surface area contributed by atoms with Crippen molar-refractivity contribution in [2.45, 2.75) is 64.0 Å². The molecule has 7 heteroatoms. The second kappa shape index (κ2) is 11.1. The summed E-state index contributed by atoms with van der Waals surface area (Å²) in [5, 5.41) is 7.29. The molecule has 0 saturated heterocycles. The lowest BCUT2D eigenvalue weighted by Crippen LogP contribution is -2.32. The highest BCUT2D eigenvalue weighted by Crippen LogP contribution is 2.30. The molecule has 0 atom stereocenters. The smallest absolute Gasteiger partial charge is 0.225 e. The van der Waals surface area contributed by atoms with Crippen LogP contribution in [0.5, 0.6) is 11.5 Å². The molecule has 1 aromatic carbocycles. The van der Waals surface area contributed by atoms with Crippen LogP contribution in [0.1, 0.15) is 55.3 Å². The summed E-state index contributed by atoms with van der Waals surface area (Å²) in [4.78, 5) is 11.9. The van der Waals surface area contributed by atoms with Gasteiger partial charge in [-0.3, -0.25) is 0 Å². The Balaban J connectivity index is 1.26. The van der Waals surface area contributed by atoms with E-state index in [0.717, 1.165) is 62.0 Å². The molecule has 2 aliphatic rings. The maximum absolute atomic E-state index is 5.38. The summed E-state index contributed by atoms with van der Waals surface area (Å²) >= 11 is 0. The molecular weight excluding hydrogens is 414 g/mol. The van der Waals surface area contributed by atoms with E-state index in [1.165, 1.54) is 42.5 Å². The summed E-state index contributed by atoms with van der Waals surface area (Å²) in [6.45, 7) is 1.86. The van der Waals surface area contributed by atoms with Crippen LogP contribution in [0, 0.1) is 5.92 Å². The third-order valence-electron chi connectivity index (χ3n) is 6.94. The van der Waals surface area contributed by atoms with E-state index in [9.17, 15) is 0 Å². The van der Waals surface area contributed by atoms with E-state index in [4.69, 9.17) is 19.4 Å². The maximum Gasteiger partial charge on any atom is 0.225 e. The Labute approximate surface area is 198 Å². The lowest BCUT2D eigenvalue weighted by molar-refractivity contribution is 0.323. The van der Waals surface area contributed by atoms with E-state index in [0.29, 0.717) is 12.0 Å². The standard InChI is InChI=1S/C26H39N5O2/c1-31(2)25-23-7-5-6-8-24(23)29-26(30-25)28-20-11-9-18(10-12-20)16-27-17-19-13-21(32-3)15-22(14-19)33-4/h13-15,18,20,27H,5-12,16-17H2,1-4H3,(H,28,29,30). The van der Waals surface area contributed by atoms with Crippen LogP contribution < -0.4 is 25.0 Å². The van der Waals surface area contributed by atoms with Crippen LogP contribution in [0.15, 0.2) is 18.2 Å². The van der Waals surface area contributed by atoms with Gasteiger partial charge in [-0.25, -0.2) is 4.98 Å². The number of aromatic nitrogens is 2. The molecule has 0 spiro atoms. The molecule has 2 aromatic rings. The maximum atomic E-state index is 5.38. The molecule has 7 nitrogen and oxygen atoms in total. The average Bonchev–Trinajstić information content (AvgIpc) is 2.84. The van der Waals surface area contributed by atoms with Crippen LogP contribution in [0.3, 0.4) is 0 Å². The van der Waals surface area contributed by atoms with Gasteiger partial charge in [-0.2, -0.15) is 4.98 Å². The number of aryl methyl sites for hydroxylation is 1. The zero-order valence-electron chi connectivity index (χ0n) is 20.6. The number of anilines is 2. The zero-order valence-corrected chi connectivity index (χ0v) is 20.6. The summed E-state index contributed by atoms with van der Waals surface area (Å²) in [6.07, 6.45) is 9.42. The van der Waals surface area contributed by atoms with Crippen molar-refractivity contribution in [2.75, 3.05) is 45.1 Å². The second-order valence-corrected chi connectivity index (χ2v) is 9.61. The molecule has 4 rings (SSSR count). The summed E-state index contributed by atoms with van der Waals surface area (Å²) in [5.41, 5.74) is 3.78. The SMILES string of the molecule is COc1cc(CNCC2CCC(Nc3nc4c(c(N(C)C)n3)CCCC4)CC2)cc(OC)c1. The zero-order chi connectivity index (χ0) is 23.2. The number of fused-ring (bicyclic) bond motifs is 1. The predicted octanol–water partition coefficient (Wildman–Crippen LogP) is 4.20. The second-order valence-electron chi connectivity index (χ2n) is 9.61. The molecule has 1 aromatic heterocycles. The van der Waals surface area contributed by atoms with Gasteiger partial charge in [0.1, 0.15) is 17.3 Å². The predicted molar refractivity (Wildman–Crippen MR) is 134 cm³/mol. The van der Waals surface area contributed by atoms with Crippen LogP contribution in [0.4, 0.5) is 11.8 Å². The largest absolute Gasteiger partial charge is 0.497 e. The Hall–Kier alpha value is -2.54. The van der Waals surface area contributed by atoms with Gasteiger partial charge < -0.3 is 25.0 Å². The average molecular weight is 454 g/mol. The lowest BCUT2D eigenvalue weighted by Gasteiger charge is -2.30. The fourth-order valence-electron chi connectivity index (χ4n) is 5.09. The Kier molecular flexibility index (Phi) is 7.91. The van der Waals surface area contributed by atoms with Crippen LogP contribution in [0.2, 0.25) is 0 Å². The highest BCUT2D eigenvalue weighted by molar-refractivity contribution is 5.53. The van der Waals surface area contributed by atoms with Crippen LogP contribution in [-0.4, -0.2) is 50.9 Å². The van der Waals surface area contributed by atoms with E-state index in [2.05, 4.69) is 41.8 Å². The fraction of sp³-hybridized carbons (Fsp3) is 0.615. The van der Waals surface area contributed by atoms with E-state index in [1.807, 2.05) is 6.07 Å². The molecule has 0 bridgehead atoms. The van der Waals surface area contributed by atoms with Gasteiger partial charge in [0.05, 0.1) is 19.9 Å². The number of ether oxygens (including phenoxy) is 2. The number of methoxy groups -OCH3 is 2. The minimum atomic E-state index is 0.459. The van der Waals surface area contributed by atoms with E-state index >= 15 is 0 Å². The molecule has 1 heterocycles. The van der Waals surface area contributed by atoms with Crippen LogP contribution in [0.25, 0.3) is 0 Å².